The Morgan fingerprint density at radius 2 is 1.93 bits per heavy atom. The minimum absolute atomic E-state index is 0.0884. The molecule has 2 aromatic heterocycles. The van der Waals surface area contributed by atoms with E-state index in [4.69, 9.17) is 0 Å². The third kappa shape index (κ3) is 3.72. The van der Waals surface area contributed by atoms with E-state index < -0.39 is 17.3 Å². The van der Waals surface area contributed by atoms with Gasteiger partial charge < -0.3 is 10.3 Å². The van der Waals surface area contributed by atoms with E-state index in [1.54, 1.807) is 13.0 Å². The van der Waals surface area contributed by atoms with E-state index in [0.29, 0.717) is 17.2 Å². The fourth-order valence-corrected chi connectivity index (χ4v) is 3.03. The van der Waals surface area contributed by atoms with E-state index in [9.17, 15) is 14.0 Å². The number of aromatic amines is 1. The maximum atomic E-state index is 14.3. The number of carbonyl (C=O) groups is 1. The minimum Gasteiger partial charge on any atom is -0.321 e. The second-order valence-electron chi connectivity index (χ2n) is 6.74. The molecular weight excluding hydrogens is 387 g/mol. The summed E-state index contributed by atoms with van der Waals surface area (Å²) in [5, 5.41) is 13.6. The Balaban J connectivity index is 1.62. The fourth-order valence-electron chi connectivity index (χ4n) is 3.03. The number of hydrogen-bond acceptors (Lipinski definition) is 5. The molecule has 8 nitrogen and oxygen atoms in total. The zero-order valence-electron chi connectivity index (χ0n) is 16.2. The van der Waals surface area contributed by atoms with Gasteiger partial charge in [0, 0.05) is 5.69 Å². The van der Waals surface area contributed by atoms with E-state index in [2.05, 4.69) is 25.8 Å². The molecule has 4 aromatic rings. The van der Waals surface area contributed by atoms with Crippen LogP contribution in [0, 0.1) is 19.7 Å². The summed E-state index contributed by atoms with van der Waals surface area (Å²) in [5.41, 5.74) is 2.14. The van der Waals surface area contributed by atoms with Crippen LogP contribution in [0.25, 0.3) is 16.9 Å². The number of nitrogens with one attached hydrogen (secondary N) is 2. The van der Waals surface area contributed by atoms with Gasteiger partial charge in [-0.2, -0.15) is 4.68 Å². The van der Waals surface area contributed by atoms with Crippen molar-refractivity contribution in [1.82, 2.24) is 25.2 Å². The number of carbonyl (C=O) groups excluding carboxylic acids is 1. The molecule has 4 rings (SSSR count). The summed E-state index contributed by atoms with van der Waals surface area (Å²) in [6.45, 7) is 3.64. The number of aromatic nitrogens is 5. The molecule has 1 amide bonds. The predicted octanol–water partition coefficient (Wildman–Crippen LogP) is 3.03. The number of nitrogens with zero attached hydrogens (tertiary/aromatic N) is 4. The first-order valence-electron chi connectivity index (χ1n) is 9.09. The second kappa shape index (κ2) is 7.70. The van der Waals surface area contributed by atoms with Gasteiger partial charge in [0.15, 0.2) is 5.82 Å². The maximum Gasteiger partial charge on any atom is 0.261 e. The van der Waals surface area contributed by atoms with Crippen molar-refractivity contribution < 1.29 is 9.18 Å². The van der Waals surface area contributed by atoms with E-state index in [1.165, 1.54) is 28.9 Å². The molecule has 0 aliphatic heterocycles. The zero-order valence-corrected chi connectivity index (χ0v) is 16.2. The monoisotopic (exact) mass is 404 g/mol. The summed E-state index contributed by atoms with van der Waals surface area (Å²) in [6, 6.07) is 14.7. The Hall–Kier alpha value is -4.14. The molecule has 0 spiro atoms. The first-order valence-corrected chi connectivity index (χ1v) is 9.09. The van der Waals surface area contributed by atoms with Gasteiger partial charge in [-0.1, -0.05) is 23.8 Å². The number of benzene rings is 2. The van der Waals surface area contributed by atoms with Crippen molar-refractivity contribution in [1.29, 1.82) is 0 Å². The highest BCUT2D eigenvalue weighted by Crippen LogP contribution is 2.20. The van der Waals surface area contributed by atoms with Crippen LogP contribution in [0.3, 0.4) is 0 Å². The molecule has 150 valence electrons. The van der Waals surface area contributed by atoms with Gasteiger partial charge in [0.25, 0.3) is 11.5 Å². The Bertz CT molecular complexity index is 1310. The third-order valence-corrected chi connectivity index (χ3v) is 4.55. The number of pyridine rings is 1. The molecule has 2 N–H and O–H groups in total. The normalized spacial score (nSPS) is 10.8. The van der Waals surface area contributed by atoms with Gasteiger partial charge in [-0.15, -0.1) is 5.10 Å². The summed E-state index contributed by atoms with van der Waals surface area (Å²) < 4.78 is 15.7. The van der Waals surface area contributed by atoms with Crippen LogP contribution in [-0.4, -0.2) is 31.1 Å². The lowest BCUT2D eigenvalue weighted by Gasteiger charge is -2.09. The fraction of sp³-hybridized carbons (Fsp3) is 0.0952. The Labute approximate surface area is 170 Å². The topological polar surface area (TPSA) is 106 Å². The van der Waals surface area contributed by atoms with Gasteiger partial charge in [-0.25, -0.2) is 4.39 Å². The molecular formula is C21H17FN6O2. The van der Waals surface area contributed by atoms with Crippen molar-refractivity contribution in [3.8, 4) is 16.9 Å². The lowest BCUT2D eigenvalue weighted by Crippen LogP contribution is -2.23. The number of H-pyrrole nitrogens is 1. The molecule has 0 bridgehead atoms. The summed E-state index contributed by atoms with van der Waals surface area (Å²) >= 11 is 0. The van der Waals surface area contributed by atoms with Crippen molar-refractivity contribution >= 4 is 11.6 Å². The molecule has 0 unspecified atom stereocenters. The highest BCUT2D eigenvalue weighted by Gasteiger charge is 2.15. The van der Waals surface area contributed by atoms with Gasteiger partial charge in [-0.3, -0.25) is 9.59 Å². The number of anilines is 1. The molecule has 0 aliphatic rings. The number of tetrazole rings is 1. The third-order valence-electron chi connectivity index (χ3n) is 4.55. The van der Waals surface area contributed by atoms with Gasteiger partial charge in [0.2, 0.25) is 0 Å². The molecule has 2 aromatic carbocycles. The number of aryl methyl sites for hydroxylation is 2. The van der Waals surface area contributed by atoms with E-state index >= 15 is 0 Å². The molecule has 0 radical (unpaired) electrons. The van der Waals surface area contributed by atoms with Crippen LogP contribution in [0.2, 0.25) is 0 Å². The molecule has 0 fully saturated rings. The molecule has 0 saturated heterocycles. The number of rotatable bonds is 4. The van der Waals surface area contributed by atoms with Crippen LogP contribution in [-0.2, 0) is 0 Å². The highest BCUT2D eigenvalue weighted by molar-refractivity contribution is 6.04. The lowest BCUT2D eigenvalue weighted by molar-refractivity contribution is 0.102. The lowest BCUT2D eigenvalue weighted by atomic mass is 10.1. The minimum atomic E-state index is -0.725. The highest BCUT2D eigenvalue weighted by atomic mass is 19.1. The summed E-state index contributed by atoms with van der Waals surface area (Å²) in [5.74, 6) is -0.871. The van der Waals surface area contributed by atoms with Crippen LogP contribution in [0.4, 0.5) is 10.1 Å². The van der Waals surface area contributed by atoms with Crippen molar-refractivity contribution in [2.45, 2.75) is 13.8 Å². The molecule has 30 heavy (non-hydrogen) atoms. The first kappa shape index (κ1) is 19.2. The average molecular weight is 404 g/mol. The number of hydrogen-bond donors (Lipinski definition) is 2. The first-order chi connectivity index (χ1) is 14.4. The molecule has 2 heterocycles. The standard InChI is InChI=1S/C21H17FN6O2/c1-12-4-3-5-14(10-12)18-9-7-16(20(29)23-18)21(30)24-19-11-15(6-8-17(19)22)28-13(2)25-26-27-28/h3-11H,1-2H3,(H,23,29)(H,24,30). The Kier molecular flexibility index (Phi) is 4.93. The Morgan fingerprint density at radius 3 is 2.63 bits per heavy atom. The SMILES string of the molecule is Cc1cccc(-c2ccc(C(=O)Nc3cc(-n4nnnc4C)ccc3F)c(=O)[nH]2)c1. The Morgan fingerprint density at radius 1 is 1.10 bits per heavy atom. The largest absolute Gasteiger partial charge is 0.321 e. The summed E-state index contributed by atoms with van der Waals surface area (Å²) in [6.07, 6.45) is 0. The van der Waals surface area contributed by atoms with Crippen LogP contribution in [0.1, 0.15) is 21.7 Å². The second-order valence-corrected chi connectivity index (χ2v) is 6.74. The van der Waals surface area contributed by atoms with Crippen molar-refractivity contribution in [2.75, 3.05) is 5.32 Å². The quantitative estimate of drug-likeness (QED) is 0.544. The van der Waals surface area contributed by atoms with Crippen molar-refractivity contribution in [3.05, 3.63) is 87.7 Å². The van der Waals surface area contributed by atoms with E-state index in [0.717, 1.165) is 11.1 Å². The van der Waals surface area contributed by atoms with Gasteiger partial charge in [-0.05, 0) is 66.2 Å². The van der Waals surface area contributed by atoms with Crippen LogP contribution in [0.15, 0.2) is 59.4 Å². The summed E-state index contributed by atoms with van der Waals surface area (Å²) in [7, 11) is 0. The van der Waals surface area contributed by atoms with Crippen LogP contribution in [0.5, 0.6) is 0 Å². The number of amides is 1. The number of halogens is 1. The predicted molar refractivity (Wildman–Crippen MR) is 109 cm³/mol. The van der Waals surface area contributed by atoms with Crippen LogP contribution < -0.4 is 10.9 Å². The average Bonchev–Trinajstić information content (AvgIpc) is 3.15. The molecule has 0 aliphatic carbocycles. The molecule has 0 atom stereocenters. The zero-order chi connectivity index (χ0) is 21.3. The smallest absolute Gasteiger partial charge is 0.261 e. The van der Waals surface area contributed by atoms with Crippen molar-refractivity contribution in [2.24, 2.45) is 0 Å². The van der Waals surface area contributed by atoms with Gasteiger partial charge in [0.1, 0.15) is 11.4 Å². The van der Waals surface area contributed by atoms with Crippen LogP contribution >= 0.6 is 0 Å². The van der Waals surface area contributed by atoms with E-state index in [1.807, 2.05) is 31.2 Å². The maximum absolute atomic E-state index is 14.3. The molecule has 0 saturated carbocycles. The van der Waals surface area contributed by atoms with Gasteiger partial charge >= 0.3 is 0 Å². The molecule has 9 heteroatoms. The van der Waals surface area contributed by atoms with Crippen molar-refractivity contribution in [3.63, 3.8) is 0 Å². The summed E-state index contributed by atoms with van der Waals surface area (Å²) in [4.78, 5) is 27.8. The van der Waals surface area contributed by atoms with E-state index in [-0.39, 0.29) is 11.3 Å². The van der Waals surface area contributed by atoms with Gasteiger partial charge in [0.05, 0.1) is 11.4 Å².